The number of aromatic nitrogens is 1. The molecule has 0 radical (unpaired) electrons. The van der Waals surface area contributed by atoms with E-state index in [-0.39, 0.29) is 0 Å². The third-order valence-corrected chi connectivity index (χ3v) is 3.64. The number of hydrogen-bond acceptors (Lipinski definition) is 3. The van der Waals surface area contributed by atoms with E-state index in [9.17, 15) is 0 Å². The van der Waals surface area contributed by atoms with E-state index in [0.717, 1.165) is 24.5 Å². The smallest absolute Gasteiger partial charge is 0.0547 e. The Kier molecular flexibility index (Phi) is 4.13. The molecular formula is C14H23N3. The van der Waals surface area contributed by atoms with Crippen LogP contribution in [0.3, 0.4) is 0 Å². The predicted octanol–water partition coefficient (Wildman–Crippen LogP) is 1.95. The Hall–Kier alpha value is -0.930. The van der Waals surface area contributed by atoms with E-state index in [1.54, 1.807) is 0 Å². The SMILES string of the molecule is Cc1cccc(CN(C)CC2CCCC2N)n1. The van der Waals surface area contributed by atoms with Crippen molar-refractivity contribution in [1.82, 2.24) is 9.88 Å². The van der Waals surface area contributed by atoms with Gasteiger partial charge in [0.2, 0.25) is 0 Å². The molecule has 1 aliphatic rings. The van der Waals surface area contributed by atoms with E-state index in [2.05, 4.69) is 29.1 Å². The molecule has 1 aliphatic carbocycles. The lowest BCUT2D eigenvalue weighted by Gasteiger charge is -2.23. The van der Waals surface area contributed by atoms with Crippen LogP contribution in [0.4, 0.5) is 0 Å². The van der Waals surface area contributed by atoms with Crippen molar-refractivity contribution in [2.24, 2.45) is 11.7 Å². The first-order valence-corrected chi connectivity index (χ1v) is 6.52. The molecule has 1 aromatic rings. The minimum Gasteiger partial charge on any atom is -0.327 e. The Morgan fingerprint density at radius 1 is 1.41 bits per heavy atom. The molecule has 0 saturated heterocycles. The lowest BCUT2D eigenvalue weighted by atomic mass is 10.0. The van der Waals surface area contributed by atoms with Crippen molar-refractivity contribution in [2.45, 2.75) is 38.8 Å². The van der Waals surface area contributed by atoms with E-state index in [0.29, 0.717) is 12.0 Å². The highest BCUT2D eigenvalue weighted by molar-refractivity contribution is 5.09. The maximum absolute atomic E-state index is 6.10. The van der Waals surface area contributed by atoms with Crippen molar-refractivity contribution in [3.8, 4) is 0 Å². The summed E-state index contributed by atoms with van der Waals surface area (Å²) in [6.07, 6.45) is 3.77. The van der Waals surface area contributed by atoms with Gasteiger partial charge < -0.3 is 10.6 Å². The molecule has 0 bridgehead atoms. The fourth-order valence-electron chi connectivity index (χ4n) is 2.72. The van der Waals surface area contributed by atoms with Crippen LogP contribution >= 0.6 is 0 Å². The van der Waals surface area contributed by atoms with E-state index in [1.807, 2.05) is 13.0 Å². The van der Waals surface area contributed by atoms with Gasteiger partial charge in [0.05, 0.1) is 5.69 Å². The third kappa shape index (κ3) is 3.51. The van der Waals surface area contributed by atoms with E-state index < -0.39 is 0 Å². The Balaban J connectivity index is 1.86. The van der Waals surface area contributed by atoms with E-state index >= 15 is 0 Å². The van der Waals surface area contributed by atoms with Gasteiger partial charge in [-0.1, -0.05) is 12.5 Å². The summed E-state index contributed by atoms with van der Waals surface area (Å²) < 4.78 is 0. The number of aryl methyl sites for hydroxylation is 1. The Labute approximate surface area is 104 Å². The van der Waals surface area contributed by atoms with E-state index in [1.165, 1.54) is 19.3 Å². The molecule has 94 valence electrons. The zero-order valence-corrected chi connectivity index (χ0v) is 10.9. The van der Waals surface area contributed by atoms with Gasteiger partial charge in [-0.25, -0.2) is 0 Å². The van der Waals surface area contributed by atoms with Crippen LogP contribution in [0.1, 0.15) is 30.7 Å². The number of nitrogens with zero attached hydrogens (tertiary/aromatic N) is 2. The summed E-state index contributed by atoms with van der Waals surface area (Å²) in [6, 6.07) is 6.62. The molecule has 1 heterocycles. The highest BCUT2D eigenvalue weighted by atomic mass is 15.1. The third-order valence-electron chi connectivity index (χ3n) is 3.64. The van der Waals surface area contributed by atoms with Crippen molar-refractivity contribution in [1.29, 1.82) is 0 Å². The van der Waals surface area contributed by atoms with Crippen molar-refractivity contribution >= 4 is 0 Å². The van der Waals surface area contributed by atoms with Gasteiger partial charge in [-0.3, -0.25) is 4.98 Å². The molecule has 2 rings (SSSR count). The maximum atomic E-state index is 6.10. The zero-order valence-electron chi connectivity index (χ0n) is 10.9. The van der Waals surface area contributed by atoms with Gasteiger partial charge in [-0.2, -0.15) is 0 Å². The average molecular weight is 233 g/mol. The number of nitrogens with two attached hydrogens (primary N) is 1. The van der Waals surface area contributed by atoms with Crippen LogP contribution in [-0.2, 0) is 6.54 Å². The summed E-state index contributed by atoms with van der Waals surface area (Å²) in [4.78, 5) is 6.88. The summed E-state index contributed by atoms with van der Waals surface area (Å²) in [6.45, 7) is 4.05. The minimum absolute atomic E-state index is 0.405. The summed E-state index contributed by atoms with van der Waals surface area (Å²) in [5, 5.41) is 0. The van der Waals surface area contributed by atoms with Gasteiger partial charge in [0.15, 0.2) is 0 Å². The van der Waals surface area contributed by atoms with Crippen LogP contribution in [-0.4, -0.2) is 29.5 Å². The molecule has 1 fully saturated rings. The molecule has 2 unspecified atom stereocenters. The zero-order chi connectivity index (χ0) is 12.3. The monoisotopic (exact) mass is 233 g/mol. The van der Waals surface area contributed by atoms with Crippen LogP contribution < -0.4 is 5.73 Å². The molecule has 3 heteroatoms. The minimum atomic E-state index is 0.405. The fourth-order valence-corrected chi connectivity index (χ4v) is 2.72. The first kappa shape index (κ1) is 12.5. The number of hydrogen-bond donors (Lipinski definition) is 1. The average Bonchev–Trinajstić information content (AvgIpc) is 2.64. The summed E-state index contributed by atoms with van der Waals surface area (Å²) in [7, 11) is 2.16. The maximum Gasteiger partial charge on any atom is 0.0547 e. The second-order valence-corrected chi connectivity index (χ2v) is 5.32. The molecule has 1 saturated carbocycles. The number of rotatable bonds is 4. The number of pyridine rings is 1. The molecule has 17 heavy (non-hydrogen) atoms. The van der Waals surface area contributed by atoms with Crippen molar-refractivity contribution in [3.63, 3.8) is 0 Å². The first-order chi connectivity index (χ1) is 8.15. The highest BCUT2D eigenvalue weighted by Crippen LogP contribution is 2.24. The standard InChI is InChI=1S/C14H23N3/c1-11-5-3-7-13(16-11)10-17(2)9-12-6-4-8-14(12)15/h3,5,7,12,14H,4,6,8-10,15H2,1-2H3. The Morgan fingerprint density at radius 3 is 2.88 bits per heavy atom. The lowest BCUT2D eigenvalue weighted by Crippen LogP contribution is -2.34. The largest absolute Gasteiger partial charge is 0.327 e. The van der Waals surface area contributed by atoms with Gasteiger partial charge in [0.1, 0.15) is 0 Å². The molecule has 0 aliphatic heterocycles. The van der Waals surface area contributed by atoms with Crippen LogP contribution in [0.25, 0.3) is 0 Å². The van der Waals surface area contributed by atoms with Crippen LogP contribution in [0.5, 0.6) is 0 Å². The highest BCUT2D eigenvalue weighted by Gasteiger charge is 2.24. The quantitative estimate of drug-likeness (QED) is 0.864. The predicted molar refractivity (Wildman–Crippen MR) is 70.6 cm³/mol. The molecule has 2 N–H and O–H groups in total. The van der Waals surface area contributed by atoms with Crippen LogP contribution in [0.15, 0.2) is 18.2 Å². The van der Waals surface area contributed by atoms with Gasteiger partial charge in [-0.05, 0) is 44.9 Å². The summed E-state index contributed by atoms with van der Waals surface area (Å²) in [5.74, 6) is 0.671. The molecule has 1 aromatic heterocycles. The second kappa shape index (κ2) is 5.61. The topological polar surface area (TPSA) is 42.1 Å². The van der Waals surface area contributed by atoms with E-state index in [4.69, 9.17) is 5.73 Å². The van der Waals surface area contributed by atoms with Gasteiger partial charge in [0.25, 0.3) is 0 Å². The van der Waals surface area contributed by atoms with Gasteiger partial charge in [0, 0.05) is 24.8 Å². The molecule has 0 spiro atoms. The Bertz CT molecular complexity index is 364. The second-order valence-electron chi connectivity index (χ2n) is 5.32. The molecular weight excluding hydrogens is 210 g/mol. The molecule has 0 amide bonds. The van der Waals surface area contributed by atoms with Gasteiger partial charge in [-0.15, -0.1) is 0 Å². The first-order valence-electron chi connectivity index (χ1n) is 6.52. The van der Waals surface area contributed by atoms with Crippen molar-refractivity contribution in [3.05, 3.63) is 29.6 Å². The molecule has 2 atom stereocenters. The van der Waals surface area contributed by atoms with Crippen LogP contribution in [0.2, 0.25) is 0 Å². The molecule has 3 nitrogen and oxygen atoms in total. The normalized spacial score (nSPS) is 24.5. The Morgan fingerprint density at radius 2 is 2.24 bits per heavy atom. The van der Waals surface area contributed by atoms with Crippen molar-refractivity contribution in [2.75, 3.05) is 13.6 Å². The molecule has 0 aromatic carbocycles. The summed E-state index contributed by atoms with van der Waals surface area (Å²) >= 11 is 0. The summed E-state index contributed by atoms with van der Waals surface area (Å²) in [5.41, 5.74) is 8.35. The lowest BCUT2D eigenvalue weighted by molar-refractivity contribution is 0.256. The van der Waals surface area contributed by atoms with Crippen LogP contribution in [0, 0.1) is 12.8 Å². The van der Waals surface area contributed by atoms with Gasteiger partial charge >= 0.3 is 0 Å². The fraction of sp³-hybridized carbons (Fsp3) is 0.643. The van der Waals surface area contributed by atoms with Crippen molar-refractivity contribution < 1.29 is 0 Å².